The molecule has 0 amide bonds. The second-order valence-corrected chi connectivity index (χ2v) is 5.42. The highest BCUT2D eigenvalue weighted by molar-refractivity contribution is 5.91. The zero-order valence-corrected chi connectivity index (χ0v) is 15.8. The van der Waals surface area contributed by atoms with Crippen molar-refractivity contribution >= 4 is 11.9 Å². The standard InChI is InChI=1S/C11H13NO4.C8H18O2/c1-3-15-10(13)8-6-5-7-9(12-8)11(14)16-4-2;9-7-5-3-1-2-4-6-8-10/h5-7H,3-4H2,1-2H3;9-10H,1-8H2. The second-order valence-electron chi connectivity index (χ2n) is 5.42. The predicted octanol–water partition coefficient (Wildman–Crippen LogP) is 2.75. The third-order valence-corrected chi connectivity index (χ3v) is 3.28. The van der Waals surface area contributed by atoms with Gasteiger partial charge in [0.05, 0.1) is 13.2 Å². The summed E-state index contributed by atoms with van der Waals surface area (Å²) in [5, 5.41) is 16.9. The summed E-state index contributed by atoms with van der Waals surface area (Å²) in [7, 11) is 0. The van der Waals surface area contributed by atoms with Gasteiger partial charge in [-0.15, -0.1) is 0 Å². The van der Waals surface area contributed by atoms with Gasteiger partial charge in [0.1, 0.15) is 11.4 Å². The van der Waals surface area contributed by atoms with E-state index in [1.54, 1.807) is 19.9 Å². The molecule has 1 aromatic rings. The van der Waals surface area contributed by atoms with Crippen molar-refractivity contribution in [3.8, 4) is 0 Å². The molecule has 0 aliphatic carbocycles. The van der Waals surface area contributed by atoms with E-state index in [0.717, 1.165) is 25.7 Å². The van der Waals surface area contributed by atoms with Gasteiger partial charge in [-0.05, 0) is 38.8 Å². The third kappa shape index (κ3) is 11.5. The van der Waals surface area contributed by atoms with Crippen LogP contribution in [0.3, 0.4) is 0 Å². The molecule has 0 radical (unpaired) electrons. The highest BCUT2D eigenvalue weighted by Gasteiger charge is 2.13. The van der Waals surface area contributed by atoms with Crippen LogP contribution < -0.4 is 0 Å². The van der Waals surface area contributed by atoms with Gasteiger partial charge in [0.15, 0.2) is 0 Å². The lowest BCUT2D eigenvalue weighted by Crippen LogP contribution is -2.12. The molecule has 0 saturated heterocycles. The Hall–Kier alpha value is -1.99. The molecule has 0 atom stereocenters. The summed E-state index contributed by atoms with van der Waals surface area (Å²) in [5.74, 6) is -1.10. The number of esters is 2. The molecule has 0 bridgehead atoms. The zero-order valence-electron chi connectivity index (χ0n) is 15.8. The highest BCUT2D eigenvalue weighted by atomic mass is 16.5. The largest absolute Gasteiger partial charge is 0.461 e. The number of pyridine rings is 1. The van der Waals surface area contributed by atoms with E-state index < -0.39 is 11.9 Å². The monoisotopic (exact) mass is 369 g/mol. The molecule has 0 aliphatic heterocycles. The molecule has 0 unspecified atom stereocenters. The minimum Gasteiger partial charge on any atom is -0.461 e. The van der Waals surface area contributed by atoms with Gasteiger partial charge < -0.3 is 19.7 Å². The van der Waals surface area contributed by atoms with Crippen molar-refractivity contribution in [1.29, 1.82) is 0 Å². The first-order valence-corrected chi connectivity index (χ1v) is 9.13. The van der Waals surface area contributed by atoms with Crippen LogP contribution in [-0.2, 0) is 9.47 Å². The number of hydrogen-bond donors (Lipinski definition) is 2. The molecule has 1 rings (SSSR count). The van der Waals surface area contributed by atoms with Crippen LogP contribution in [0.2, 0.25) is 0 Å². The number of aromatic nitrogens is 1. The van der Waals surface area contributed by atoms with Gasteiger partial charge in [0.25, 0.3) is 0 Å². The number of ether oxygens (including phenoxy) is 2. The molecular formula is C19H31NO6. The van der Waals surface area contributed by atoms with E-state index in [1.807, 2.05) is 0 Å². The van der Waals surface area contributed by atoms with Crippen LogP contribution in [0.5, 0.6) is 0 Å². The maximum atomic E-state index is 11.3. The lowest BCUT2D eigenvalue weighted by Gasteiger charge is -2.03. The summed E-state index contributed by atoms with van der Waals surface area (Å²) >= 11 is 0. The topological polar surface area (TPSA) is 106 Å². The van der Waals surface area contributed by atoms with E-state index in [2.05, 4.69) is 4.98 Å². The van der Waals surface area contributed by atoms with Crippen LogP contribution in [0, 0.1) is 0 Å². The molecule has 0 spiro atoms. The van der Waals surface area contributed by atoms with Crippen molar-refractivity contribution in [2.75, 3.05) is 26.4 Å². The maximum absolute atomic E-state index is 11.3. The van der Waals surface area contributed by atoms with Crippen molar-refractivity contribution < 1.29 is 29.3 Å². The molecule has 1 heterocycles. The van der Waals surface area contributed by atoms with Gasteiger partial charge in [-0.1, -0.05) is 31.7 Å². The molecule has 0 aliphatic rings. The average Bonchev–Trinajstić information content (AvgIpc) is 2.66. The van der Waals surface area contributed by atoms with Gasteiger partial charge in [-0.2, -0.15) is 0 Å². The Morgan fingerprint density at radius 2 is 1.19 bits per heavy atom. The fourth-order valence-electron chi connectivity index (χ4n) is 2.00. The number of carbonyl (C=O) groups is 2. The summed E-state index contributed by atoms with van der Waals surface area (Å²) in [4.78, 5) is 26.5. The van der Waals surface area contributed by atoms with E-state index in [4.69, 9.17) is 19.7 Å². The first-order valence-electron chi connectivity index (χ1n) is 9.13. The molecule has 0 aromatic carbocycles. The Kier molecular flexibility index (Phi) is 15.2. The number of unbranched alkanes of at least 4 members (excludes halogenated alkanes) is 5. The van der Waals surface area contributed by atoms with Crippen LogP contribution >= 0.6 is 0 Å². The average molecular weight is 369 g/mol. The molecule has 1 aromatic heterocycles. The number of nitrogens with zero attached hydrogens (tertiary/aromatic N) is 1. The third-order valence-electron chi connectivity index (χ3n) is 3.28. The molecule has 0 saturated carbocycles. The van der Waals surface area contributed by atoms with Crippen molar-refractivity contribution in [1.82, 2.24) is 4.98 Å². The summed E-state index contributed by atoms with van der Waals surface area (Å²) in [6.45, 7) is 4.58. The molecular weight excluding hydrogens is 338 g/mol. The molecule has 7 nitrogen and oxygen atoms in total. The van der Waals surface area contributed by atoms with E-state index >= 15 is 0 Å². The lowest BCUT2D eigenvalue weighted by atomic mass is 10.1. The van der Waals surface area contributed by atoms with Crippen LogP contribution in [-0.4, -0.2) is 53.6 Å². The zero-order chi connectivity index (χ0) is 19.6. The normalized spacial score (nSPS) is 9.85. The van der Waals surface area contributed by atoms with Crippen LogP contribution in [0.1, 0.15) is 73.3 Å². The summed E-state index contributed by atoms with van der Waals surface area (Å²) in [5.41, 5.74) is 0.208. The van der Waals surface area contributed by atoms with Gasteiger partial charge in [-0.25, -0.2) is 14.6 Å². The Balaban J connectivity index is 0.000000541. The Morgan fingerprint density at radius 1 is 0.808 bits per heavy atom. The van der Waals surface area contributed by atoms with Gasteiger partial charge in [0.2, 0.25) is 0 Å². The predicted molar refractivity (Wildman–Crippen MR) is 98.0 cm³/mol. The smallest absolute Gasteiger partial charge is 0.356 e. The summed E-state index contributed by atoms with van der Waals surface area (Å²) in [6, 6.07) is 4.53. The quantitative estimate of drug-likeness (QED) is 0.456. The van der Waals surface area contributed by atoms with E-state index in [0.29, 0.717) is 13.2 Å². The summed E-state index contributed by atoms with van der Waals surface area (Å²) < 4.78 is 9.54. The van der Waals surface area contributed by atoms with E-state index in [-0.39, 0.29) is 24.6 Å². The number of aliphatic hydroxyl groups is 2. The number of hydrogen-bond acceptors (Lipinski definition) is 7. The van der Waals surface area contributed by atoms with Crippen molar-refractivity contribution in [3.63, 3.8) is 0 Å². The fourth-order valence-corrected chi connectivity index (χ4v) is 2.00. The van der Waals surface area contributed by atoms with Crippen LogP contribution in [0.15, 0.2) is 18.2 Å². The fraction of sp³-hybridized carbons (Fsp3) is 0.632. The Bertz CT molecular complexity index is 465. The number of carbonyl (C=O) groups excluding carboxylic acids is 2. The Labute approximate surface area is 155 Å². The van der Waals surface area contributed by atoms with Gasteiger partial charge in [-0.3, -0.25) is 0 Å². The second kappa shape index (κ2) is 16.5. The molecule has 148 valence electrons. The van der Waals surface area contributed by atoms with Crippen molar-refractivity contribution in [2.24, 2.45) is 0 Å². The van der Waals surface area contributed by atoms with Crippen molar-refractivity contribution in [2.45, 2.75) is 52.4 Å². The summed E-state index contributed by atoms with van der Waals surface area (Å²) in [6.07, 6.45) is 6.50. The molecule has 26 heavy (non-hydrogen) atoms. The van der Waals surface area contributed by atoms with Gasteiger partial charge >= 0.3 is 11.9 Å². The molecule has 7 heteroatoms. The molecule has 0 fully saturated rings. The number of aliphatic hydroxyl groups excluding tert-OH is 2. The number of rotatable bonds is 11. The van der Waals surface area contributed by atoms with Crippen molar-refractivity contribution in [3.05, 3.63) is 29.6 Å². The minimum atomic E-state index is -0.548. The minimum absolute atomic E-state index is 0.104. The Morgan fingerprint density at radius 3 is 1.54 bits per heavy atom. The van der Waals surface area contributed by atoms with E-state index in [1.165, 1.54) is 25.0 Å². The lowest BCUT2D eigenvalue weighted by molar-refractivity contribution is 0.0511. The first-order chi connectivity index (χ1) is 12.6. The van der Waals surface area contributed by atoms with Crippen LogP contribution in [0.25, 0.3) is 0 Å². The van der Waals surface area contributed by atoms with Crippen LogP contribution in [0.4, 0.5) is 0 Å². The van der Waals surface area contributed by atoms with Gasteiger partial charge in [0, 0.05) is 13.2 Å². The maximum Gasteiger partial charge on any atom is 0.356 e. The highest BCUT2D eigenvalue weighted by Crippen LogP contribution is 2.04. The molecule has 2 N–H and O–H groups in total. The SMILES string of the molecule is CCOC(=O)c1cccc(C(=O)OCC)n1.OCCCCCCCCO. The van der Waals surface area contributed by atoms with E-state index in [9.17, 15) is 9.59 Å². The first kappa shape index (κ1) is 24.0.